The van der Waals surface area contributed by atoms with Crippen molar-refractivity contribution in [3.8, 4) is 22.3 Å². The van der Waals surface area contributed by atoms with Gasteiger partial charge in [-0.25, -0.2) is 9.44 Å². The van der Waals surface area contributed by atoms with Crippen LogP contribution in [0.1, 0.15) is 23.5 Å². The Morgan fingerprint density at radius 2 is 0.800 bits per heavy atom. The van der Waals surface area contributed by atoms with Gasteiger partial charge in [0.15, 0.2) is 0 Å². The average Bonchev–Trinajstić information content (AvgIpc) is 2.85. The number of nitrogens with one attached hydrogen (secondary N) is 3. The lowest BCUT2D eigenvalue weighted by Crippen LogP contribution is -2.45. The van der Waals surface area contributed by atoms with Crippen LogP contribution in [0.4, 0.5) is 0 Å². The van der Waals surface area contributed by atoms with Gasteiger partial charge in [0.1, 0.15) is 0 Å². The van der Waals surface area contributed by atoms with E-state index in [1.807, 2.05) is 12.1 Å². The summed E-state index contributed by atoms with van der Waals surface area (Å²) in [5.74, 6) is 0. The molecule has 1 heterocycles. The van der Waals surface area contributed by atoms with Crippen LogP contribution >= 0.6 is 12.1 Å². The second-order valence-corrected chi connectivity index (χ2v) is 8.02. The highest BCUT2D eigenvalue weighted by Crippen LogP contribution is 2.27. The molecule has 0 radical (unpaired) electrons. The minimum absolute atomic E-state index is 0.0693. The topological polar surface area (TPSA) is 36.1 Å². The molecule has 0 bridgehead atoms. The van der Waals surface area contributed by atoms with E-state index in [4.69, 9.17) is 0 Å². The van der Waals surface area contributed by atoms with E-state index >= 15 is 0 Å². The van der Waals surface area contributed by atoms with Gasteiger partial charge < -0.3 is 0 Å². The minimum atomic E-state index is 0.0693. The molecule has 1 saturated heterocycles. The summed E-state index contributed by atoms with van der Waals surface area (Å²) in [5.41, 5.74) is 7.37. The molecule has 0 spiro atoms. The van der Waals surface area contributed by atoms with E-state index in [-0.39, 0.29) is 12.3 Å². The monoisotopic (exact) mass is 409 g/mol. The van der Waals surface area contributed by atoms with Crippen molar-refractivity contribution in [2.45, 2.75) is 12.3 Å². The van der Waals surface area contributed by atoms with Crippen LogP contribution in [0.3, 0.4) is 0 Å². The number of rotatable bonds is 4. The molecule has 3 N–H and O–H groups in total. The fourth-order valence-electron chi connectivity index (χ4n) is 3.71. The van der Waals surface area contributed by atoms with Gasteiger partial charge in [-0.15, -0.1) is 0 Å². The van der Waals surface area contributed by atoms with Crippen LogP contribution < -0.4 is 14.8 Å². The zero-order chi connectivity index (χ0) is 20.2. The number of hydrogen-bond acceptors (Lipinski definition) is 4. The quantitative estimate of drug-likeness (QED) is 0.358. The van der Waals surface area contributed by atoms with Crippen LogP contribution in [-0.4, -0.2) is 0 Å². The first-order valence-electron chi connectivity index (χ1n) is 10.1. The molecule has 148 valence electrons. The van der Waals surface area contributed by atoms with Crippen molar-refractivity contribution >= 4 is 12.1 Å². The molecule has 4 heteroatoms. The van der Waals surface area contributed by atoms with Crippen molar-refractivity contribution in [1.29, 1.82) is 0 Å². The lowest BCUT2D eigenvalue weighted by molar-refractivity contribution is 0.402. The summed E-state index contributed by atoms with van der Waals surface area (Å²) in [7, 11) is 0. The summed E-state index contributed by atoms with van der Waals surface area (Å²) in [6.45, 7) is 0. The van der Waals surface area contributed by atoms with E-state index in [9.17, 15) is 0 Å². The molecule has 5 rings (SSSR count). The van der Waals surface area contributed by atoms with Crippen LogP contribution in [0, 0.1) is 0 Å². The summed E-state index contributed by atoms with van der Waals surface area (Å²) in [5, 5.41) is 3.66. The molecule has 4 aromatic rings. The second-order valence-electron chi connectivity index (χ2n) is 7.35. The summed E-state index contributed by atoms with van der Waals surface area (Å²) in [6, 6.07) is 38.4. The van der Waals surface area contributed by atoms with Gasteiger partial charge in [0.25, 0.3) is 0 Å². The van der Waals surface area contributed by atoms with Gasteiger partial charge in [-0.1, -0.05) is 109 Å². The molecule has 0 saturated carbocycles. The largest absolute Gasteiger partial charge is 0.277 e. The molecular weight excluding hydrogens is 386 g/mol. The minimum Gasteiger partial charge on any atom is -0.277 e. The predicted octanol–water partition coefficient (Wildman–Crippen LogP) is 6.06. The van der Waals surface area contributed by atoms with E-state index in [1.165, 1.54) is 45.5 Å². The van der Waals surface area contributed by atoms with Crippen LogP contribution in [0.5, 0.6) is 0 Å². The SMILES string of the molecule is c1ccc(-c2ccc(C3NSNC(c4ccc(-c5ccccc5)cc4)N3)cc2)cc1. The average molecular weight is 410 g/mol. The van der Waals surface area contributed by atoms with Crippen molar-refractivity contribution in [3.05, 3.63) is 120 Å². The van der Waals surface area contributed by atoms with Gasteiger partial charge in [-0.3, -0.25) is 5.32 Å². The van der Waals surface area contributed by atoms with E-state index in [0.717, 1.165) is 0 Å². The van der Waals surface area contributed by atoms with Crippen LogP contribution in [0.15, 0.2) is 109 Å². The standard InChI is InChI=1S/C26H23N3S/c1-3-7-19(8-4-1)21-11-15-23(16-12-21)25-27-26(29-30-28-25)24-17-13-22(14-18-24)20-9-5-2-6-10-20/h1-18,25-29H. The van der Waals surface area contributed by atoms with Crippen molar-refractivity contribution < 1.29 is 0 Å². The van der Waals surface area contributed by atoms with Crippen LogP contribution in [0.25, 0.3) is 22.3 Å². The Bertz CT molecular complexity index is 992. The smallest absolute Gasteiger partial charge is 0.0953 e. The van der Waals surface area contributed by atoms with Gasteiger partial charge in [0.05, 0.1) is 12.3 Å². The lowest BCUT2D eigenvalue weighted by Gasteiger charge is -2.32. The molecule has 1 aliphatic rings. The molecule has 0 aromatic heterocycles. The summed E-state index contributed by atoms with van der Waals surface area (Å²) < 4.78 is 6.85. The maximum atomic E-state index is 3.66. The predicted molar refractivity (Wildman–Crippen MR) is 126 cm³/mol. The maximum Gasteiger partial charge on any atom is 0.0953 e. The molecule has 1 aliphatic heterocycles. The van der Waals surface area contributed by atoms with Gasteiger partial charge in [-0.2, -0.15) is 0 Å². The van der Waals surface area contributed by atoms with Crippen LogP contribution in [-0.2, 0) is 0 Å². The van der Waals surface area contributed by atoms with Gasteiger partial charge >= 0.3 is 0 Å². The van der Waals surface area contributed by atoms with Gasteiger partial charge in [0.2, 0.25) is 0 Å². The first-order chi connectivity index (χ1) is 14.9. The maximum absolute atomic E-state index is 3.66. The van der Waals surface area contributed by atoms with E-state index < -0.39 is 0 Å². The first-order valence-corrected chi connectivity index (χ1v) is 10.9. The molecule has 4 aromatic carbocycles. The Kier molecular flexibility index (Phi) is 5.64. The third kappa shape index (κ3) is 4.18. The highest BCUT2D eigenvalue weighted by atomic mass is 32.2. The third-order valence-corrected chi connectivity index (χ3v) is 6.10. The Labute approximate surface area is 181 Å². The van der Waals surface area contributed by atoms with Crippen molar-refractivity contribution in [2.75, 3.05) is 0 Å². The third-order valence-electron chi connectivity index (χ3n) is 5.39. The lowest BCUT2D eigenvalue weighted by atomic mass is 10.0. The van der Waals surface area contributed by atoms with Crippen LogP contribution in [0.2, 0.25) is 0 Å². The fraction of sp³-hybridized carbons (Fsp3) is 0.0769. The molecular formula is C26H23N3S. The van der Waals surface area contributed by atoms with E-state index in [0.29, 0.717) is 0 Å². The summed E-state index contributed by atoms with van der Waals surface area (Å²) in [4.78, 5) is 0. The van der Waals surface area contributed by atoms with Crippen molar-refractivity contribution in [3.63, 3.8) is 0 Å². The zero-order valence-electron chi connectivity index (χ0n) is 16.5. The molecule has 3 nitrogen and oxygen atoms in total. The second kappa shape index (κ2) is 8.86. The summed E-state index contributed by atoms with van der Waals surface area (Å²) >= 11 is 1.54. The molecule has 0 amide bonds. The van der Waals surface area contributed by atoms with E-state index in [2.05, 4.69) is 112 Å². The highest BCUT2D eigenvalue weighted by molar-refractivity contribution is 7.95. The molecule has 0 aliphatic carbocycles. The molecule has 1 fully saturated rings. The van der Waals surface area contributed by atoms with Crippen molar-refractivity contribution in [2.24, 2.45) is 0 Å². The molecule has 2 atom stereocenters. The Morgan fingerprint density at radius 3 is 1.20 bits per heavy atom. The van der Waals surface area contributed by atoms with E-state index in [1.54, 1.807) is 0 Å². The Hall–Kier alpha value is -2.89. The number of benzene rings is 4. The van der Waals surface area contributed by atoms with Crippen molar-refractivity contribution in [1.82, 2.24) is 14.8 Å². The van der Waals surface area contributed by atoms with Gasteiger partial charge in [-0.05, 0) is 33.4 Å². The molecule has 30 heavy (non-hydrogen) atoms. The first kappa shape index (κ1) is 19.1. The van der Waals surface area contributed by atoms with Gasteiger partial charge in [0, 0.05) is 12.1 Å². The highest BCUT2D eigenvalue weighted by Gasteiger charge is 2.23. The Morgan fingerprint density at radius 1 is 0.433 bits per heavy atom. The Balaban J connectivity index is 1.30. The normalized spacial score (nSPS) is 18.8. The summed E-state index contributed by atoms with van der Waals surface area (Å²) in [6.07, 6.45) is 0.139. The zero-order valence-corrected chi connectivity index (χ0v) is 17.3. The fourth-order valence-corrected chi connectivity index (χ4v) is 4.42. The number of hydrogen-bond donors (Lipinski definition) is 3. The molecule has 2 unspecified atom stereocenters.